The number of sulfonamides is 1. The van der Waals surface area contributed by atoms with E-state index in [1.807, 2.05) is 79.2 Å². The first kappa shape index (κ1) is 34.8. The van der Waals surface area contributed by atoms with Crippen LogP contribution in [0.1, 0.15) is 32.6 Å². The third-order valence-electron chi connectivity index (χ3n) is 8.75. The van der Waals surface area contributed by atoms with Crippen LogP contribution in [0.25, 0.3) is 16.6 Å². The first-order valence-electron chi connectivity index (χ1n) is 16.4. The molecule has 0 spiro atoms. The second-order valence-electron chi connectivity index (χ2n) is 12.6. The van der Waals surface area contributed by atoms with Crippen LogP contribution in [0.2, 0.25) is 0 Å². The summed E-state index contributed by atoms with van der Waals surface area (Å²) in [6, 6.07) is 25.7. The lowest BCUT2D eigenvalue weighted by Gasteiger charge is -2.29. The van der Waals surface area contributed by atoms with Gasteiger partial charge in [-0.1, -0.05) is 65.7 Å². The number of carbonyl (C=O) groups is 3. The van der Waals surface area contributed by atoms with Gasteiger partial charge in [-0.3, -0.25) is 14.4 Å². The fourth-order valence-electron chi connectivity index (χ4n) is 6.15. The normalized spacial score (nSPS) is 12.6. The van der Waals surface area contributed by atoms with Gasteiger partial charge in [0.25, 0.3) is 21.8 Å². The van der Waals surface area contributed by atoms with Crippen LogP contribution in [0, 0.1) is 13.8 Å². The van der Waals surface area contributed by atoms with Gasteiger partial charge in [0.2, 0.25) is 5.91 Å². The molecule has 12 heteroatoms. The van der Waals surface area contributed by atoms with E-state index in [1.54, 1.807) is 56.1 Å². The fourth-order valence-corrected chi connectivity index (χ4v) is 7.19. The van der Waals surface area contributed by atoms with Gasteiger partial charge in [0.05, 0.1) is 11.2 Å². The first-order chi connectivity index (χ1) is 24.5. The Morgan fingerprint density at radius 2 is 1.55 bits per heavy atom. The van der Waals surface area contributed by atoms with E-state index in [0.717, 1.165) is 33.3 Å². The molecule has 0 saturated heterocycles. The number of hydrogen-bond acceptors (Lipinski definition) is 6. The predicted molar refractivity (Wildman–Crippen MR) is 195 cm³/mol. The average molecular weight is 703 g/mol. The number of carbonyl (C=O) groups excluding carboxylic acids is 3. The molecule has 0 fully saturated rings. The van der Waals surface area contributed by atoms with Gasteiger partial charge < -0.3 is 19.8 Å². The molecule has 260 valence electrons. The molecule has 0 aliphatic rings. The number of rotatable bonds is 12. The molecule has 6 rings (SSSR count). The Kier molecular flexibility index (Phi) is 10.1. The molecule has 2 atom stereocenters. The topological polar surface area (TPSA) is 146 Å². The molecule has 3 N–H and O–H groups in total. The van der Waals surface area contributed by atoms with E-state index in [9.17, 15) is 22.8 Å². The number of benzene rings is 4. The predicted octanol–water partition coefficient (Wildman–Crippen LogP) is 4.89. The number of H-pyrrole nitrogens is 1. The summed E-state index contributed by atoms with van der Waals surface area (Å²) in [5.74, 6) is -1.91. The van der Waals surface area contributed by atoms with Crippen LogP contribution in [-0.2, 0) is 32.5 Å². The second kappa shape index (κ2) is 14.9. The van der Waals surface area contributed by atoms with Crippen LogP contribution < -0.4 is 10.0 Å². The van der Waals surface area contributed by atoms with E-state index in [0.29, 0.717) is 11.1 Å². The van der Waals surface area contributed by atoms with Gasteiger partial charge in [0, 0.05) is 60.6 Å². The van der Waals surface area contributed by atoms with Crippen LogP contribution in [0.15, 0.2) is 127 Å². The lowest BCUT2D eigenvalue weighted by atomic mass is 10.00. The van der Waals surface area contributed by atoms with Gasteiger partial charge in [-0.2, -0.15) is 0 Å². The maximum Gasteiger partial charge on any atom is 0.264 e. The highest BCUT2D eigenvalue weighted by molar-refractivity contribution is 7.90. The van der Waals surface area contributed by atoms with Crippen molar-refractivity contribution in [1.82, 2.24) is 29.5 Å². The summed E-state index contributed by atoms with van der Waals surface area (Å²) < 4.78 is 30.5. The Hall–Kier alpha value is -6.01. The van der Waals surface area contributed by atoms with Gasteiger partial charge >= 0.3 is 0 Å². The van der Waals surface area contributed by atoms with Crippen LogP contribution >= 0.6 is 0 Å². The maximum absolute atomic E-state index is 14.4. The lowest BCUT2D eigenvalue weighted by Crippen LogP contribution is -2.56. The van der Waals surface area contributed by atoms with Crippen LogP contribution in [0.3, 0.4) is 0 Å². The van der Waals surface area contributed by atoms with E-state index in [2.05, 4.69) is 20.0 Å². The number of aromatic nitrogens is 3. The van der Waals surface area contributed by atoms with Crippen molar-refractivity contribution >= 4 is 38.6 Å². The fraction of sp³-hybridized carbons (Fsp3) is 0.179. The maximum atomic E-state index is 14.4. The van der Waals surface area contributed by atoms with Crippen molar-refractivity contribution < 1.29 is 22.8 Å². The van der Waals surface area contributed by atoms with Crippen LogP contribution in [0.4, 0.5) is 0 Å². The van der Waals surface area contributed by atoms with Crippen LogP contribution in [0.5, 0.6) is 0 Å². The number of para-hydroxylation sites is 1. The summed E-state index contributed by atoms with van der Waals surface area (Å²) in [5.41, 5.74) is 5.39. The molecular formula is C39H38N6O5S. The Morgan fingerprint density at radius 1 is 0.863 bits per heavy atom. The zero-order chi connectivity index (χ0) is 36.1. The van der Waals surface area contributed by atoms with Crippen molar-refractivity contribution in [3.05, 3.63) is 150 Å². The van der Waals surface area contributed by atoms with Crippen molar-refractivity contribution in [2.75, 3.05) is 7.05 Å². The zero-order valence-corrected chi connectivity index (χ0v) is 29.2. The van der Waals surface area contributed by atoms with E-state index in [1.165, 1.54) is 17.0 Å². The molecule has 6 aromatic rings. The number of amides is 3. The summed E-state index contributed by atoms with van der Waals surface area (Å²) in [6.45, 7) is 3.79. The number of fused-ring (bicyclic) bond motifs is 1. The minimum absolute atomic E-state index is 0.0209. The molecule has 51 heavy (non-hydrogen) atoms. The standard InChI is InChI=1S/C39H38N6O5S/c1-26-19-27(2)21-29(20-26)39(48)44(3)36(22-28-13-15-31(16-14-28)45-18-17-40-25-45)38(47)42-35(23-30-24-41-34-12-8-7-11-33(30)34)37(46)43-51(49,50)32-9-5-4-6-10-32/h4-21,24-25,35-36,41H,22-23H2,1-3H3,(H,42,47)(H,43,46)/t35-,36+/m0/s1. The minimum atomic E-state index is -4.26. The number of nitrogens with one attached hydrogen (secondary N) is 3. The summed E-state index contributed by atoms with van der Waals surface area (Å²) in [6.07, 6.45) is 7.00. The molecular weight excluding hydrogens is 665 g/mol. The molecule has 0 aliphatic carbocycles. The summed E-state index contributed by atoms with van der Waals surface area (Å²) in [4.78, 5) is 50.7. The van der Waals surface area contributed by atoms with Crippen molar-refractivity contribution in [1.29, 1.82) is 0 Å². The van der Waals surface area contributed by atoms with E-state index in [4.69, 9.17) is 0 Å². The molecule has 0 saturated carbocycles. The van der Waals surface area contributed by atoms with E-state index in [-0.39, 0.29) is 23.6 Å². The smallest absolute Gasteiger partial charge is 0.264 e. The largest absolute Gasteiger partial charge is 0.361 e. The highest BCUT2D eigenvalue weighted by atomic mass is 32.2. The van der Waals surface area contributed by atoms with Gasteiger partial charge in [-0.15, -0.1) is 0 Å². The summed E-state index contributed by atoms with van der Waals surface area (Å²) >= 11 is 0. The van der Waals surface area contributed by atoms with Crippen molar-refractivity contribution in [2.45, 2.75) is 43.7 Å². The monoisotopic (exact) mass is 702 g/mol. The molecule has 2 aromatic heterocycles. The van der Waals surface area contributed by atoms with Crippen molar-refractivity contribution in [3.63, 3.8) is 0 Å². The van der Waals surface area contributed by atoms with Crippen LogP contribution in [-0.4, -0.2) is 64.7 Å². The third kappa shape index (κ3) is 8.08. The number of imidazole rings is 1. The molecule has 0 aliphatic heterocycles. The van der Waals surface area contributed by atoms with Crippen molar-refractivity contribution in [3.8, 4) is 5.69 Å². The second-order valence-corrected chi connectivity index (χ2v) is 14.2. The molecule has 2 heterocycles. The molecule has 0 radical (unpaired) electrons. The van der Waals surface area contributed by atoms with Gasteiger partial charge in [-0.25, -0.2) is 18.1 Å². The van der Waals surface area contributed by atoms with Crippen molar-refractivity contribution in [2.24, 2.45) is 0 Å². The number of aromatic amines is 1. The number of hydrogen-bond donors (Lipinski definition) is 3. The Balaban J connectivity index is 1.33. The third-order valence-corrected chi connectivity index (χ3v) is 10.1. The molecule has 0 unspecified atom stereocenters. The number of likely N-dealkylation sites (N-methyl/N-ethyl adjacent to an activating group) is 1. The van der Waals surface area contributed by atoms with E-state index >= 15 is 0 Å². The molecule has 4 aromatic carbocycles. The van der Waals surface area contributed by atoms with E-state index < -0.39 is 33.9 Å². The summed E-state index contributed by atoms with van der Waals surface area (Å²) in [5, 5.41) is 3.65. The molecule has 3 amide bonds. The molecule has 11 nitrogen and oxygen atoms in total. The Labute approximate surface area is 296 Å². The van der Waals surface area contributed by atoms with Gasteiger partial charge in [0.15, 0.2) is 0 Å². The SMILES string of the molecule is Cc1cc(C)cc(C(=O)N(C)[C@H](Cc2ccc(-n3ccnc3)cc2)C(=O)N[C@@H](Cc2c[nH]c3ccccc23)C(=O)NS(=O)(=O)c2ccccc2)c1. The average Bonchev–Trinajstić information content (AvgIpc) is 3.81. The Morgan fingerprint density at radius 3 is 2.24 bits per heavy atom. The zero-order valence-electron chi connectivity index (χ0n) is 28.4. The van der Waals surface area contributed by atoms with Gasteiger partial charge in [0.1, 0.15) is 12.1 Å². The highest BCUT2D eigenvalue weighted by Crippen LogP contribution is 2.21. The number of nitrogens with zero attached hydrogens (tertiary/aromatic N) is 3. The summed E-state index contributed by atoms with van der Waals surface area (Å²) in [7, 11) is -2.70. The first-order valence-corrected chi connectivity index (χ1v) is 17.9. The highest BCUT2D eigenvalue weighted by Gasteiger charge is 2.33. The minimum Gasteiger partial charge on any atom is -0.361 e. The molecule has 0 bridgehead atoms. The number of aryl methyl sites for hydroxylation is 2. The lowest BCUT2D eigenvalue weighted by molar-refractivity contribution is -0.130. The quantitative estimate of drug-likeness (QED) is 0.166. The van der Waals surface area contributed by atoms with Gasteiger partial charge in [-0.05, 0) is 67.4 Å². The Bertz CT molecular complexity index is 2260.